The fourth-order valence-electron chi connectivity index (χ4n) is 2.23. The second-order valence-electron chi connectivity index (χ2n) is 6.64. The molecule has 0 aromatic heterocycles. The second kappa shape index (κ2) is 14.9. The van der Waals surface area contributed by atoms with Crippen molar-refractivity contribution in [2.24, 2.45) is 5.41 Å². The van der Waals surface area contributed by atoms with Crippen molar-refractivity contribution in [1.29, 1.82) is 0 Å². The molecule has 25 heavy (non-hydrogen) atoms. The Morgan fingerprint density at radius 2 is 1.64 bits per heavy atom. The summed E-state index contributed by atoms with van der Waals surface area (Å²) in [6.45, 7) is 12.8. The number of fused-ring (bicyclic) bond motifs is 1. The van der Waals surface area contributed by atoms with Gasteiger partial charge in [0.25, 0.3) is 0 Å². The number of benzene rings is 1. The van der Waals surface area contributed by atoms with Crippen LogP contribution in [0, 0.1) is 24.8 Å². The van der Waals surface area contributed by atoms with Gasteiger partial charge in [0.05, 0.1) is 0 Å². The number of hydrogen-bond donors (Lipinski definition) is 0. The van der Waals surface area contributed by atoms with E-state index in [9.17, 15) is 0 Å². The Morgan fingerprint density at radius 3 is 2.04 bits per heavy atom. The van der Waals surface area contributed by atoms with Crippen LogP contribution in [0.25, 0.3) is 10.8 Å². The minimum Gasteiger partial charge on any atom is -1.00 e. The fourth-order valence-corrected chi connectivity index (χ4v) is 2.23. The SMILES string of the molecule is CC(C)(C)C1=CC[C-]=C1.C[CH-]C.Cc1c[cH-]c2ccccc12.[Cl-].[Cl-].[Hf]. The summed E-state index contributed by atoms with van der Waals surface area (Å²) in [5, 5.41) is 2.72. The topological polar surface area (TPSA) is 0 Å². The first-order chi connectivity index (χ1) is 10.4. The molecule has 0 radical (unpaired) electrons. The van der Waals surface area contributed by atoms with Crippen LogP contribution < -0.4 is 24.8 Å². The monoisotopic (exact) mass is 543 g/mol. The third-order valence-corrected chi connectivity index (χ3v) is 3.46. The Bertz CT molecular complexity index is 631. The molecule has 0 N–H and O–H groups in total. The van der Waals surface area contributed by atoms with Crippen LogP contribution >= 0.6 is 0 Å². The predicted octanol–water partition coefficient (Wildman–Crippen LogP) is 0.825. The van der Waals surface area contributed by atoms with Crippen molar-refractivity contribution in [3.8, 4) is 0 Å². The van der Waals surface area contributed by atoms with E-state index >= 15 is 0 Å². The van der Waals surface area contributed by atoms with Crippen LogP contribution in [0.1, 0.15) is 46.6 Å². The van der Waals surface area contributed by atoms with E-state index < -0.39 is 0 Å². The summed E-state index contributed by atoms with van der Waals surface area (Å²) in [5.41, 5.74) is 3.11. The van der Waals surface area contributed by atoms with E-state index in [1.54, 1.807) is 0 Å². The molecule has 0 fully saturated rings. The van der Waals surface area contributed by atoms with Gasteiger partial charge in [0.2, 0.25) is 0 Å². The summed E-state index contributed by atoms with van der Waals surface area (Å²) in [5.74, 6) is 0. The maximum atomic E-state index is 3.16. The molecule has 0 heterocycles. The van der Waals surface area contributed by atoms with E-state index in [1.165, 1.54) is 21.9 Å². The van der Waals surface area contributed by atoms with Crippen LogP contribution in [0.2, 0.25) is 0 Å². The number of hydrogen-bond acceptors (Lipinski definition) is 0. The molecule has 0 amide bonds. The predicted molar refractivity (Wildman–Crippen MR) is 99.9 cm³/mol. The molecule has 1 aliphatic rings. The van der Waals surface area contributed by atoms with Crippen LogP contribution in [0.3, 0.4) is 0 Å². The van der Waals surface area contributed by atoms with Crippen LogP contribution in [-0.4, -0.2) is 0 Å². The molecule has 0 saturated carbocycles. The van der Waals surface area contributed by atoms with Gasteiger partial charge >= 0.3 is 0 Å². The molecule has 0 saturated heterocycles. The fraction of sp³-hybridized carbons (Fsp3) is 0.364. The molecule has 0 nitrogen and oxygen atoms in total. The summed E-state index contributed by atoms with van der Waals surface area (Å²) >= 11 is 0. The Morgan fingerprint density at radius 1 is 1.08 bits per heavy atom. The Labute approximate surface area is 186 Å². The summed E-state index contributed by atoms with van der Waals surface area (Å²) in [7, 11) is 0. The molecule has 0 atom stereocenters. The van der Waals surface area contributed by atoms with Gasteiger partial charge in [0, 0.05) is 25.8 Å². The van der Waals surface area contributed by atoms with E-state index in [1.807, 2.05) is 20.3 Å². The van der Waals surface area contributed by atoms with E-state index in [0.717, 1.165) is 6.42 Å². The van der Waals surface area contributed by atoms with Gasteiger partial charge in [0.1, 0.15) is 0 Å². The van der Waals surface area contributed by atoms with Crippen LogP contribution in [0.4, 0.5) is 0 Å². The maximum Gasteiger partial charge on any atom is 0 e. The van der Waals surface area contributed by atoms with Crippen molar-refractivity contribution in [2.75, 3.05) is 0 Å². The Kier molecular flexibility index (Phi) is 17.6. The third-order valence-electron chi connectivity index (χ3n) is 3.46. The molecule has 2 aromatic carbocycles. The summed E-state index contributed by atoms with van der Waals surface area (Å²) < 4.78 is 0. The number of rotatable bonds is 0. The Hall–Kier alpha value is -0.240. The molecular formula is C22H29Cl2Hf-5. The average molecular weight is 543 g/mol. The van der Waals surface area contributed by atoms with Crippen LogP contribution in [0.15, 0.2) is 54.1 Å². The summed E-state index contributed by atoms with van der Waals surface area (Å²) in [4.78, 5) is 0. The van der Waals surface area contributed by atoms with Gasteiger partial charge in [-0.15, -0.1) is 41.5 Å². The Balaban J connectivity index is -0.000000305. The first kappa shape index (κ1) is 29.5. The van der Waals surface area contributed by atoms with E-state index in [2.05, 4.69) is 82.3 Å². The second-order valence-corrected chi connectivity index (χ2v) is 6.64. The molecule has 3 heteroatoms. The van der Waals surface area contributed by atoms with Crippen molar-refractivity contribution < 1.29 is 50.7 Å². The van der Waals surface area contributed by atoms with E-state index in [4.69, 9.17) is 0 Å². The van der Waals surface area contributed by atoms with Crippen LogP contribution in [-0.2, 0) is 25.8 Å². The van der Waals surface area contributed by atoms with Gasteiger partial charge in [-0.3, -0.25) is 6.08 Å². The maximum absolute atomic E-state index is 3.16. The first-order valence-corrected chi connectivity index (χ1v) is 8.02. The van der Waals surface area contributed by atoms with E-state index in [-0.39, 0.29) is 50.7 Å². The molecule has 2 aromatic rings. The molecule has 0 aliphatic heterocycles. The van der Waals surface area contributed by atoms with Crippen LogP contribution in [0.5, 0.6) is 0 Å². The minimum absolute atomic E-state index is 0. The molecule has 1 aliphatic carbocycles. The van der Waals surface area contributed by atoms with Gasteiger partial charge in [0.15, 0.2) is 0 Å². The normalized spacial score (nSPS) is 11.5. The van der Waals surface area contributed by atoms with Gasteiger partial charge in [-0.05, 0) is 0 Å². The van der Waals surface area contributed by atoms with Crippen molar-refractivity contribution in [1.82, 2.24) is 0 Å². The minimum atomic E-state index is 0. The van der Waals surface area contributed by atoms with Crippen molar-refractivity contribution in [2.45, 2.75) is 48.0 Å². The smallest absolute Gasteiger partial charge is 0 e. The van der Waals surface area contributed by atoms with Gasteiger partial charge in [-0.2, -0.15) is 37.1 Å². The zero-order valence-electron chi connectivity index (χ0n) is 16.2. The number of allylic oxidation sites excluding steroid dienone is 4. The van der Waals surface area contributed by atoms with E-state index in [0.29, 0.717) is 5.41 Å². The standard InChI is InChI=1S/C10H9.C9H13.C3H7.2ClH.Hf/c1-8-6-7-9-4-2-3-5-10(8)9;1-9(2,3)8-6-4-5-7-8;1-3-2;;;/h2-7H,1H3;6-7H,4H2,1-3H3;3H,1-2H3;2*1H;/q3*-1;;;/p-2. The van der Waals surface area contributed by atoms with Crippen molar-refractivity contribution >= 4 is 10.8 Å². The molecule has 0 spiro atoms. The largest absolute Gasteiger partial charge is 1.00 e. The molecule has 3 rings (SSSR count). The zero-order valence-corrected chi connectivity index (χ0v) is 21.3. The zero-order chi connectivity index (χ0) is 16.6. The van der Waals surface area contributed by atoms with Crippen molar-refractivity contribution in [3.05, 3.63) is 72.2 Å². The number of halogens is 2. The average Bonchev–Trinajstić information content (AvgIpc) is 3.11. The molecular weight excluding hydrogens is 514 g/mol. The van der Waals surface area contributed by atoms with Crippen molar-refractivity contribution in [3.63, 3.8) is 0 Å². The first-order valence-electron chi connectivity index (χ1n) is 8.02. The number of aryl methyl sites for hydroxylation is 1. The molecule has 0 bridgehead atoms. The van der Waals surface area contributed by atoms with Gasteiger partial charge in [-0.25, -0.2) is 6.08 Å². The quantitative estimate of drug-likeness (QED) is 0.342. The summed E-state index contributed by atoms with van der Waals surface area (Å²) in [6.07, 6.45) is 10.5. The summed E-state index contributed by atoms with van der Waals surface area (Å²) in [6, 6.07) is 12.8. The molecule has 0 unspecified atom stereocenters. The molecule has 140 valence electrons. The van der Waals surface area contributed by atoms with Gasteiger partial charge < -0.3 is 31.2 Å². The van der Waals surface area contributed by atoms with Gasteiger partial charge in [-0.1, -0.05) is 39.2 Å². The third kappa shape index (κ3) is 10.5.